The Bertz CT molecular complexity index is 1440. The molecule has 0 saturated carbocycles. The number of rotatable bonds is 10. The molecule has 0 amide bonds. The van der Waals surface area contributed by atoms with Gasteiger partial charge in [0.2, 0.25) is 0 Å². The number of hydrogen-bond donors (Lipinski definition) is 2. The second kappa shape index (κ2) is 12.0. The zero-order chi connectivity index (χ0) is 27.1. The third-order valence-electron chi connectivity index (χ3n) is 6.21. The van der Waals surface area contributed by atoms with Crippen molar-refractivity contribution in [3.8, 4) is 22.6 Å². The van der Waals surface area contributed by atoms with Gasteiger partial charge >= 0.3 is 11.9 Å². The lowest BCUT2D eigenvalue weighted by atomic mass is 10.0. The molecule has 194 valence electrons. The molecule has 0 fully saturated rings. The number of nitrogens with one attached hydrogen (secondary N) is 1. The third kappa shape index (κ3) is 6.34. The van der Waals surface area contributed by atoms with E-state index < -0.39 is 5.97 Å². The monoisotopic (exact) mass is 510 g/mol. The Kier molecular flexibility index (Phi) is 8.33. The van der Waals surface area contributed by atoms with Crippen LogP contribution in [0.25, 0.3) is 22.6 Å². The molecule has 1 aromatic heterocycles. The van der Waals surface area contributed by atoms with E-state index in [9.17, 15) is 9.59 Å². The minimum atomic E-state index is -0.499. The highest BCUT2D eigenvalue weighted by Crippen LogP contribution is 2.28. The fourth-order valence-corrected chi connectivity index (χ4v) is 4.17. The van der Waals surface area contributed by atoms with Crippen LogP contribution in [0.4, 0.5) is 0 Å². The van der Waals surface area contributed by atoms with E-state index in [1.54, 1.807) is 18.2 Å². The summed E-state index contributed by atoms with van der Waals surface area (Å²) in [5, 5.41) is 7.97. The average molecular weight is 511 g/mol. The van der Waals surface area contributed by atoms with Gasteiger partial charge in [-0.3, -0.25) is 10.2 Å². The fraction of sp³-hybridized carbons (Fsp3) is 0.200. The molecule has 0 aliphatic carbocycles. The lowest BCUT2D eigenvalue weighted by molar-refractivity contribution is -0.143. The maximum absolute atomic E-state index is 12.1. The number of methoxy groups -OCH3 is 1. The highest BCUT2D eigenvalue weighted by Gasteiger charge is 2.17. The highest BCUT2D eigenvalue weighted by molar-refractivity contribution is 6.03. The average Bonchev–Trinajstić information content (AvgIpc) is 3.33. The van der Waals surface area contributed by atoms with Crippen LogP contribution < -0.4 is 5.73 Å². The van der Waals surface area contributed by atoms with Crippen LogP contribution in [0.3, 0.4) is 0 Å². The van der Waals surface area contributed by atoms with Crippen LogP contribution in [-0.2, 0) is 34.2 Å². The Morgan fingerprint density at radius 1 is 0.974 bits per heavy atom. The molecular formula is C30H30N4O4. The van der Waals surface area contributed by atoms with E-state index in [2.05, 4.69) is 0 Å². The minimum Gasteiger partial charge on any atom is -0.465 e. The quantitative estimate of drug-likeness (QED) is 0.184. The number of hydrogen-bond acceptors (Lipinski definition) is 6. The van der Waals surface area contributed by atoms with Gasteiger partial charge in [0.15, 0.2) is 0 Å². The summed E-state index contributed by atoms with van der Waals surface area (Å²) < 4.78 is 12.0. The van der Waals surface area contributed by atoms with Crippen molar-refractivity contribution in [2.45, 2.75) is 19.3 Å². The molecule has 0 atom stereocenters. The first-order valence-corrected chi connectivity index (χ1v) is 12.2. The summed E-state index contributed by atoms with van der Waals surface area (Å²) in [5.74, 6) is -0.140. The Morgan fingerprint density at radius 3 is 2.37 bits per heavy atom. The summed E-state index contributed by atoms with van der Waals surface area (Å²) >= 11 is 0. The van der Waals surface area contributed by atoms with Crippen LogP contribution in [-0.4, -0.2) is 41.0 Å². The van der Waals surface area contributed by atoms with Crippen LogP contribution in [0.5, 0.6) is 0 Å². The van der Waals surface area contributed by atoms with E-state index in [0.29, 0.717) is 48.3 Å². The number of imidazole rings is 1. The number of amidine groups is 1. The van der Waals surface area contributed by atoms with Gasteiger partial charge in [0.1, 0.15) is 11.7 Å². The molecule has 0 unspecified atom stereocenters. The molecule has 0 saturated heterocycles. The summed E-state index contributed by atoms with van der Waals surface area (Å²) in [6.07, 6.45) is 3.46. The van der Waals surface area contributed by atoms with Crippen LogP contribution in [0.2, 0.25) is 0 Å². The zero-order valence-electron chi connectivity index (χ0n) is 21.4. The molecule has 1 heterocycles. The van der Waals surface area contributed by atoms with E-state index in [0.717, 1.165) is 22.5 Å². The molecular weight excluding hydrogens is 480 g/mol. The maximum atomic E-state index is 12.1. The number of aryl methyl sites for hydroxylation is 2. The lowest BCUT2D eigenvalue weighted by Gasteiger charge is -2.08. The Balaban J connectivity index is 1.40. The molecule has 0 aliphatic heterocycles. The molecule has 38 heavy (non-hydrogen) atoms. The SMILES string of the molecule is COC(=O)c1ccc(-c2cn(C)c(-c3ccc(CCC(=O)OCCc4ccccc4)cc3)n2)c(C(=N)N)c1. The van der Waals surface area contributed by atoms with Gasteiger partial charge in [0.05, 0.1) is 25.0 Å². The largest absolute Gasteiger partial charge is 0.465 e. The maximum Gasteiger partial charge on any atom is 0.337 e. The van der Waals surface area contributed by atoms with Gasteiger partial charge in [-0.15, -0.1) is 0 Å². The van der Waals surface area contributed by atoms with Crippen LogP contribution in [0.15, 0.2) is 79.0 Å². The first-order valence-electron chi connectivity index (χ1n) is 12.2. The number of nitrogens with zero attached hydrogens (tertiary/aromatic N) is 2. The smallest absolute Gasteiger partial charge is 0.337 e. The topological polar surface area (TPSA) is 120 Å². The Labute approximate surface area is 221 Å². The number of carbonyl (C=O) groups is 2. The van der Waals surface area contributed by atoms with E-state index in [1.807, 2.05) is 72.4 Å². The number of aromatic nitrogens is 2. The molecule has 0 bridgehead atoms. The summed E-state index contributed by atoms with van der Waals surface area (Å²) in [6, 6.07) is 22.7. The van der Waals surface area contributed by atoms with Gasteiger partial charge in [0.25, 0.3) is 0 Å². The standard InChI is InChI=1S/C30H30N4O4/c1-34-19-26(24-14-13-23(30(36)37-2)18-25(24)28(31)32)33-29(34)22-11-8-21(9-12-22)10-15-27(35)38-17-16-20-6-4-3-5-7-20/h3-9,11-14,18-19H,10,15-17H2,1-2H3,(H3,31,32). The number of ether oxygens (including phenoxy) is 2. The van der Waals surface area contributed by atoms with Crippen molar-refractivity contribution in [2.75, 3.05) is 13.7 Å². The second-order valence-corrected chi connectivity index (χ2v) is 8.88. The Morgan fingerprint density at radius 2 is 1.68 bits per heavy atom. The van der Waals surface area contributed by atoms with Gasteiger partial charge < -0.3 is 19.8 Å². The first kappa shape index (κ1) is 26.3. The normalized spacial score (nSPS) is 10.7. The minimum absolute atomic E-state index is 0.166. The van der Waals surface area contributed by atoms with E-state index in [4.69, 9.17) is 25.6 Å². The number of nitrogen functional groups attached to an aromatic ring is 1. The summed E-state index contributed by atoms with van der Waals surface area (Å²) in [7, 11) is 3.19. The van der Waals surface area contributed by atoms with Crippen LogP contribution >= 0.6 is 0 Å². The van der Waals surface area contributed by atoms with Crippen molar-refractivity contribution >= 4 is 17.8 Å². The molecule has 8 nitrogen and oxygen atoms in total. The van der Waals surface area contributed by atoms with Gasteiger partial charge in [-0.2, -0.15) is 0 Å². The zero-order valence-corrected chi connectivity index (χ0v) is 21.4. The molecule has 0 radical (unpaired) electrons. The van der Waals surface area contributed by atoms with Crippen LogP contribution in [0.1, 0.15) is 33.5 Å². The van der Waals surface area contributed by atoms with Gasteiger partial charge in [-0.05, 0) is 29.7 Å². The van der Waals surface area contributed by atoms with Crippen molar-refractivity contribution in [1.82, 2.24) is 9.55 Å². The van der Waals surface area contributed by atoms with Crippen molar-refractivity contribution in [2.24, 2.45) is 12.8 Å². The molecule has 8 heteroatoms. The molecule has 3 aromatic carbocycles. The molecule has 4 rings (SSSR count). The molecule has 4 aromatic rings. The van der Waals surface area contributed by atoms with E-state index in [1.165, 1.54) is 7.11 Å². The van der Waals surface area contributed by atoms with Crippen molar-refractivity contribution in [1.29, 1.82) is 5.41 Å². The first-order chi connectivity index (χ1) is 18.4. The van der Waals surface area contributed by atoms with E-state index in [-0.39, 0.29) is 11.8 Å². The number of carbonyl (C=O) groups excluding carboxylic acids is 2. The number of benzene rings is 3. The summed E-state index contributed by atoms with van der Waals surface area (Å²) in [4.78, 5) is 28.8. The second-order valence-electron chi connectivity index (χ2n) is 8.88. The predicted molar refractivity (Wildman–Crippen MR) is 146 cm³/mol. The van der Waals surface area contributed by atoms with Gasteiger partial charge in [-0.1, -0.05) is 60.7 Å². The van der Waals surface area contributed by atoms with Crippen LogP contribution in [0, 0.1) is 5.41 Å². The molecule has 0 aliphatic rings. The summed E-state index contributed by atoms with van der Waals surface area (Å²) in [6.45, 7) is 0.375. The molecule has 3 N–H and O–H groups in total. The van der Waals surface area contributed by atoms with Gasteiger partial charge in [0, 0.05) is 42.8 Å². The lowest BCUT2D eigenvalue weighted by Crippen LogP contribution is -2.14. The van der Waals surface area contributed by atoms with Crippen molar-refractivity contribution < 1.29 is 19.1 Å². The van der Waals surface area contributed by atoms with Crippen molar-refractivity contribution in [3.05, 3.63) is 101 Å². The Hall–Kier alpha value is -4.72. The number of nitrogens with two attached hydrogens (primary N) is 1. The highest BCUT2D eigenvalue weighted by atomic mass is 16.5. The number of esters is 2. The van der Waals surface area contributed by atoms with Gasteiger partial charge in [-0.25, -0.2) is 9.78 Å². The molecule has 0 spiro atoms. The van der Waals surface area contributed by atoms with Crippen molar-refractivity contribution in [3.63, 3.8) is 0 Å². The summed E-state index contributed by atoms with van der Waals surface area (Å²) in [5.41, 5.74) is 10.9. The van der Waals surface area contributed by atoms with E-state index >= 15 is 0 Å². The predicted octanol–water partition coefficient (Wildman–Crippen LogP) is 4.54. The third-order valence-corrected chi connectivity index (χ3v) is 6.21. The fourth-order valence-electron chi connectivity index (χ4n) is 4.17.